The Balaban J connectivity index is 2.08. The van der Waals surface area contributed by atoms with E-state index in [1.807, 2.05) is 35.2 Å². The zero-order chi connectivity index (χ0) is 14.4. The minimum Gasteiger partial charge on any atom is -0.395 e. The zero-order valence-corrected chi connectivity index (χ0v) is 11.1. The molecule has 0 atom stereocenters. The lowest BCUT2D eigenvalue weighted by molar-refractivity contribution is 0.181. The molecule has 0 spiro atoms. The lowest BCUT2D eigenvalue weighted by Gasteiger charge is -2.20. The van der Waals surface area contributed by atoms with E-state index in [0.717, 1.165) is 5.56 Å². The number of hydrogen-bond donors (Lipinski definition) is 3. The molecule has 0 saturated carbocycles. The molecular formula is C13H18N6O. The second kappa shape index (κ2) is 6.78. The van der Waals surface area contributed by atoms with Crippen molar-refractivity contribution < 1.29 is 5.11 Å². The Hall–Kier alpha value is -2.25. The Morgan fingerprint density at radius 3 is 2.20 bits per heavy atom. The zero-order valence-electron chi connectivity index (χ0n) is 11.1. The van der Waals surface area contributed by atoms with Crippen LogP contribution in [-0.4, -0.2) is 38.1 Å². The topological polar surface area (TPSA) is 114 Å². The van der Waals surface area contributed by atoms with Gasteiger partial charge in [0.25, 0.3) is 0 Å². The van der Waals surface area contributed by atoms with Crippen LogP contribution in [0.5, 0.6) is 0 Å². The molecule has 2 rings (SSSR count). The summed E-state index contributed by atoms with van der Waals surface area (Å²) in [6, 6.07) is 9.98. The molecule has 0 fully saturated rings. The molecule has 0 amide bonds. The van der Waals surface area contributed by atoms with Gasteiger partial charge in [-0.2, -0.15) is 15.0 Å². The van der Waals surface area contributed by atoms with Crippen LogP contribution in [0.25, 0.3) is 0 Å². The third-order valence-corrected chi connectivity index (χ3v) is 2.75. The molecule has 0 bridgehead atoms. The predicted molar refractivity (Wildman–Crippen MR) is 76.3 cm³/mol. The van der Waals surface area contributed by atoms with Gasteiger partial charge in [-0.3, -0.25) is 4.90 Å². The van der Waals surface area contributed by atoms with Crippen LogP contribution in [0.4, 0.5) is 11.9 Å². The maximum absolute atomic E-state index is 9.16. The van der Waals surface area contributed by atoms with E-state index in [1.165, 1.54) is 0 Å². The molecule has 20 heavy (non-hydrogen) atoms. The van der Waals surface area contributed by atoms with Crippen LogP contribution in [0.1, 0.15) is 11.4 Å². The first-order valence-corrected chi connectivity index (χ1v) is 6.30. The number of nitrogens with zero attached hydrogens (tertiary/aromatic N) is 4. The maximum Gasteiger partial charge on any atom is 0.225 e. The van der Waals surface area contributed by atoms with Crippen molar-refractivity contribution in [2.24, 2.45) is 0 Å². The Kier molecular flexibility index (Phi) is 4.80. The Bertz CT molecular complexity index is 528. The number of nitrogens with two attached hydrogens (primary N) is 2. The molecule has 7 nitrogen and oxygen atoms in total. The number of aromatic nitrogens is 3. The van der Waals surface area contributed by atoms with Crippen molar-refractivity contribution in [2.75, 3.05) is 24.6 Å². The fourth-order valence-corrected chi connectivity index (χ4v) is 1.92. The highest BCUT2D eigenvalue weighted by Crippen LogP contribution is 2.08. The summed E-state index contributed by atoms with van der Waals surface area (Å²) in [6.07, 6.45) is 0. The molecule has 0 unspecified atom stereocenters. The average molecular weight is 274 g/mol. The van der Waals surface area contributed by atoms with Crippen molar-refractivity contribution in [2.45, 2.75) is 13.1 Å². The fourth-order valence-electron chi connectivity index (χ4n) is 1.92. The molecule has 1 aromatic heterocycles. The van der Waals surface area contributed by atoms with E-state index in [4.69, 9.17) is 16.6 Å². The van der Waals surface area contributed by atoms with Gasteiger partial charge in [-0.1, -0.05) is 30.3 Å². The largest absolute Gasteiger partial charge is 0.395 e. The maximum atomic E-state index is 9.16. The van der Waals surface area contributed by atoms with Crippen molar-refractivity contribution in [3.8, 4) is 0 Å². The summed E-state index contributed by atoms with van der Waals surface area (Å²) in [6.45, 7) is 1.71. The first kappa shape index (κ1) is 14.2. The molecule has 1 aromatic carbocycles. The van der Waals surface area contributed by atoms with Crippen LogP contribution in [0, 0.1) is 0 Å². The van der Waals surface area contributed by atoms with Gasteiger partial charge in [0.2, 0.25) is 11.9 Å². The highest BCUT2D eigenvalue weighted by atomic mass is 16.3. The van der Waals surface area contributed by atoms with Crippen LogP contribution in [0.3, 0.4) is 0 Å². The molecule has 0 radical (unpaired) electrons. The number of rotatable bonds is 6. The van der Waals surface area contributed by atoms with E-state index in [9.17, 15) is 0 Å². The van der Waals surface area contributed by atoms with Gasteiger partial charge in [0, 0.05) is 13.1 Å². The number of aliphatic hydroxyl groups is 1. The molecule has 0 aliphatic heterocycles. The van der Waals surface area contributed by atoms with Crippen molar-refractivity contribution in [3.63, 3.8) is 0 Å². The van der Waals surface area contributed by atoms with Crippen LogP contribution in [0.15, 0.2) is 30.3 Å². The fraction of sp³-hybridized carbons (Fsp3) is 0.308. The van der Waals surface area contributed by atoms with E-state index in [2.05, 4.69) is 15.0 Å². The Labute approximate surface area is 117 Å². The molecule has 1 heterocycles. The second-order valence-corrected chi connectivity index (χ2v) is 4.39. The third kappa shape index (κ3) is 4.15. The summed E-state index contributed by atoms with van der Waals surface area (Å²) in [5.41, 5.74) is 12.3. The molecular weight excluding hydrogens is 256 g/mol. The minimum atomic E-state index is 0.0584. The monoisotopic (exact) mass is 274 g/mol. The Morgan fingerprint density at radius 1 is 0.950 bits per heavy atom. The molecule has 0 aliphatic carbocycles. The van der Waals surface area contributed by atoms with Crippen molar-refractivity contribution >= 4 is 11.9 Å². The van der Waals surface area contributed by atoms with Gasteiger partial charge in [-0.15, -0.1) is 0 Å². The quantitative estimate of drug-likeness (QED) is 0.680. The first-order chi connectivity index (χ1) is 9.67. The highest BCUT2D eigenvalue weighted by Gasteiger charge is 2.10. The summed E-state index contributed by atoms with van der Waals surface area (Å²) in [5.74, 6) is 0.715. The summed E-state index contributed by atoms with van der Waals surface area (Å²) >= 11 is 0. The number of nitrogen functional groups attached to an aromatic ring is 2. The van der Waals surface area contributed by atoms with Crippen molar-refractivity contribution in [3.05, 3.63) is 41.7 Å². The summed E-state index contributed by atoms with van der Waals surface area (Å²) in [5, 5.41) is 9.16. The van der Waals surface area contributed by atoms with Gasteiger partial charge in [-0.25, -0.2) is 0 Å². The van der Waals surface area contributed by atoms with E-state index in [0.29, 0.717) is 25.5 Å². The lowest BCUT2D eigenvalue weighted by Crippen LogP contribution is -2.27. The predicted octanol–water partition coefficient (Wildman–Crippen LogP) is 0.0305. The van der Waals surface area contributed by atoms with E-state index >= 15 is 0 Å². The SMILES string of the molecule is Nc1nc(N)nc(CN(CCO)Cc2ccccc2)n1. The molecule has 0 saturated heterocycles. The lowest BCUT2D eigenvalue weighted by atomic mass is 10.2. The highest BCUT2D eigenvalue weighted by molar-refractivity contribution is 5.25. The van der Waals surface area contributed by atoms with Crippen LogP contribution in [0.2, 0.25) is 0 Å². The molecule has 0 aliphatic rings. The summed E-state index contributed by atoms with van der Waals surface area (Å²) < 4.78 is 0. The number of anilines is 2. The number of hydrogen-bond acceptors (Lipinski definition) is 7. The third-order valence-electron chi connectivity index (χ3n) is 2.75. The minimum absolute atomic E-state index is 0.0584. The summed E-state index contributed by atoms with van der Waals surface area (Å²) in [4.78, 5) is 13.9. The molecule has 106 valence electrons. The number of benzene rings is 1. The van der Waals surface area contributed by atoms with Crippen LogP contribution < -0.4 is 11.5 Å². The van der Waals surface area contributed by atoms with Gasteiger partial charge in [0.15, 0.2) is 0 Å². The van der Waals surface area contributed by atoms with E-state index < -0.39 is 0 Å². The van der Waals surface area contributed by atoms with Gasteiger partial charge in [0.05, 0.1) is 13.2 Å². The van der Waals surface area contributed by atoms with E-state index in [1.54, 1.807) is 0 Å². The van der Waals surface area contributed by atoms with Gasteiger partial charge >= 0.3 is 0 Å². The molecule has 2 aromatic rings. The summed E-state index contributed by atoms with van der Waals surface area (Å²) in [7, 11) is 0. The second-order valence-electron chi connectivity index (χ2n) is 4.39. The van der Waals surface area contributed by atoms with Gasteiger partial charge < -0.3 is 16.6 Å². The van der Waals surface area contributed by atoms with Crippen molar-refractivity contribution in [1.82, 2.24) is 19.9 Å². The Morgan fingerprint density at radius 2 is 1.60 bits per heavy atom. The smallest absolute Gasteiger partial charge is 0.225 e. The van der Waals surface area contributed by atoms with Gasteiger partial charge in [0.1, 0.15) is 5.82 Å². The molecule has 7 heteroatoms. The van der Waals surface area contributed by atoms with Crippen molar-refractivity contribution in [1.29, 1.82) is 0 Å². The van der Waals surface area contributed by atoms with Gasteiger partial charge in [-0.05, 0) is 5.56 Å². The van der Waals surface area contributed by atoms with Crippen LogP contribution >= 0.6 is 0 Å². The molecule has 5 N–H and O–H groups in total. The standard InChI is InChI=1S/C13H18N6O/c14-12-16-11(17-13(15)18-12)9-19(6-7-20)8-10-4-2-1-3-5-10/h1-5,20H,6-9H2,(H4,14,15,16,17,18). The van der Waals surface area contributed by atoms with E-state index in [-0.39, 0.29) is 18.5 Å². The normalized spacial score (nSPS) is 10.9. The first-order valence-electron chi connectivity index (χ1n) is 6.30. The van der Waals surface area contributed by atoms with Crippen LogP contribution in [-0.2, 0) is 13.1 Å². The average Bonchev–Trinajstić information content (AvgIpc) is 2.39. The number of aliphatic hydroxyl groups excluding tert-OH is 1.